The summed E-state index contributed by atoms with van der Waals surface area (Å²) in [5.41, 5.74) is 4.22. The van der Waals surface area contributed by atoms with E-state index >= 15 is 0 Å². The first kappa shape index (κ1) is 14.3. The molecule has 0 aliphatic carbocycles. The normalized spacial score (nSPS) is 11.2. The van der Waals surface area contributed by atoms with Gasteiger partial charge >= 0.3 is 0 Å². The van der Waals surface area contributed by atoms with Crippen LogP contribution in [0.4, 0.5) is 17.1 Å². The molecule has 3 nitrogen and oxygen atoms in total. The van der Waals surface area contributed by atoms with Crippen molar-refractivity contribution in [1.82, 2.24) is 0 Å². The Labute approximate surface area is 121 Å². The van der Waals surface area contributed by atoms with Crippen molar-refractivity contribution in [3.05, 3.63) is 54.1 Å². The highest BCUT2D eigenvalue weighted by Crippen LogP contribution is 2.23. The van der Waals surface area contributed by atoms with Gasteiger partial charge in [-0.15, -0.1) is 0 Å². The molecular formula is C17H21N3. The maximum absolute atomic E-state index is 4.26. The Morgan fingerprint density at radius 3 is 1.60 bits per heavy atom. The molecule has 0 aliphatic rings. The Bertz CT molecular complexity index is 513. The lowest BCUT2D eigenvalue weighted by molar-refractivity contribution is 0.866. The van der Waals surface area contributed by atoms with E-state index in [1.807, 2.05) is 50.5 Å². The number of hydrogen-bond donors (Lipinski definition) is 0. The summed E-state index contributed by atoms with van der Waals surface area (Å²) < 4.78 is 0. The number of rotatable bonds is 4. The van der Waals surface area contributed by atoms with Crippen molar-refractivity contribution >= 4 is 17.1 Å². The highest BCUT2D eigenvalue weighted by Gasteiger charge is 1.98. The van der Waals surface area contributed by atoms with Gasteiger partial charge < -0.3 is 4.90 Å². The lowest BCUT2D eigenvalue weighted by atomic mass is 10.0. The monoisotopic (exact) mass is 267 g/mol. The van der Waals surface area contributed by atoms with Gasteiger partial charge in [0.1, 0.15) is 0 Å². The van der Waals surface area contributed by atoms with E-state index in [0.29, 0.717) is 5.92 Å². The summed E-state index contributed by atoms with van der Waals surface area (Å²) in [7, 11) is 4.04. The van der Waals surface area contributed by atoms with Crippen LogP contribution in [0.15, 0.2) is 58.8 Å². The number of hydrogen-bond acceptors (Lipinski definition) is 3. The van der Waals surface area contributed by atoms with Crippen molar-refractivity contribution in [3.63, 3.8) is 0 Å². The Morgan fingerprint density at radius 2 is 1.20 bits per heavy atom. The average Bonchev–Trinajstić information content (AvgIpc) is 2.46. The van der Waals surface area contributed by atoms with Gasteiger partial charge in [-0.1, -0.05) is 26.0 Å². The van der Waals surface area contributed by atoms with E-state index in [4.69, 9.17) is 0 Å². The van der Waals surface area contributed by atoms with E-state index in [1.54, 1.807) is 0 Å². The van der Waals surface area contributed by atoms with Gasteiger partial charge in [0.05, 0.1) is 11.4 Å². The van der Waals surface area contributed by atoms with E-state index < -0.39 is 0 Å². The molecule has 0 fully saturated rings. The molecule has 20 heavy (non-hydrogen) atoms. The summed E-state index contributed by atoms with van der Waals surface area (Å²) in [5.74, 6) is 0.541. The number of azo groups is 1. The van der Waals surface area contributed by atoms with Crippen LogP contribution in [-0.2, 0) is 0 Å². The van der Waals surface area contributed by atoms with E-state index in [0.717, 1.165) is 17.1 Å². The van der Waals surface area contributed by atoms with Gasteiger partial charge in [0.25, 0.3) is 0 Å². The Morgan fingerprint density at radius 1 is 0.750 bits per heavy atom. The van der Waals surface area contributed by atoms with Gasteiger partial charge in [0, 0.05) is 19.8 Å². The van der Waals surface area contributed by atoms with Crippen LogP contribution in [0.3, 0.4) is 0 Å². The minimum Gasteiger partial charge on any atom is -0.378 e. The first-order chi connectivity index (χ1) is 9.56. The van der Waals surface area contributed by atoms with Crippen LogP contribution in [0.5, 0.6) is 0 Å². The van der Waals surface area contributed by atoms with Gasteiger partial charge in [0.15, 0.2) is 0 Å². The predicted octanol–water partition coefficient (Wildman–Crippen LogP) is 5.29. The molecule has 0 radical (unpaired) electrons. The van der Waals surface area contributed by atoms with Crippen molar-refractivity contribution in [2.75, 3.05) is 19.0 Å². The second-order valence-corrected chi connectivity index (χ2v) is 5.36. The van der Waals surface area contributed by atoms with Gasteiger partial charge in [0.2, 0.25) is 0 Å². The maximum Gasteiger partial charge on any atom is 0.0858 e. The van der Waals surface area contributed by atoms with Crippen molar-refractivity contribution in [3.8, 4) is 0 Å². The zero-order valence-electron chi connectivity index (χ0n) is 12.5. The second kappa shape index (κ2) is 6.33. The minimum atomic E-state index is 0.541. The SMILES string of the molecule is CC(C)c1ccc(N=Nc2ccc(N(C)C)cc2)cc1. The summed E-state index contributed by atoms with van der Waals surface area (Å²) in [5, 5.41) is 8.52. The van der Waals surface area contributed by atoms with Crippen LogP contribution in [0.1, 0.15) is 25.3 Å². The second-order valence-electron chi connectivity index (χ2n) is 5.36. The van der Waals surface area contributed by atoms with Crippen molar-refractivity contribution in [1.29, 1.82) is 0 Å². The largest absolute Gasteiger partial charge is 0.378 e. The molecule has 0 heterocycles. The molecule has 0 bridgehead atoms. The number of benzene rings is 2. The van der Waals surface area contributed by atoms with Gasteiger partial charge in [-0.25, -0.2) is 0 Å². The Kier molecular flexibility index (Phi) is 4.51. The van der Waals surface area contributed by atoms with Crippen molar-refractivity contribution in [2.24, 2.45) is 10.2 Å². The van der Waals surface area contributed by atoms with Crippen LogP contribution in [-0.4, -0.2) is 14.1 Å². The van der Waals surface area contributed by atoms with Gasteiger partial charge in [-0.2, -0.15) is 10.2 Å². The first-order valence-corrected chi connectivity index (χ1v) is 6.85. The molecule has 0 aromatic heterocycles. The standard InChI is InChI=1S/C17H21N3/c1-13(2)14-5-7-15(8-6-14)18-19-16-9-11-17(12-10-16)20(3)4/h5-13H,1-4H3. The molecule has 2 aromatic carbocycles. The third-order valence-corrected chi connectivity index (χ3v) is 3.21. The molecule has 2 rings (SSSR count). The molecule has 0 aliphatic heterocycles. The van der Waals surface area contributed by atoms with Crippen molar-refractivity contribution in [2.45, 2.75) is 19.8 Å². The summed E-state index contributed by atoms with van der Waals surface area (Å²) in [4.78, 5) is 2.06. The Balaban J connectivity index is 2.08. The lowest BCUT2D eigenvalue weighted by Gasteiger charge is -2.11. The third kappa shape index (κ3) is 3.67. The van der Waals surface area contributed by atoms with E-state index in [9.17, 15) is 0 Å². The number of anilines is 1. The molecule has 0 N–H and O–H groups in total. The third-order valence-electron chi connectivity index (χ3n) is 3.21. The molecule has 0 spiro atoms. The lowest BCUT2D eigenvalue weighted by Crippen LogP contribution is -2.07. The average molecular weight is 267 g/mol. The molecule has 3 heteroatoms. The fraction of sp³-hybridized carbons (Fsp3) is 0.294. The highest BCUT2D eigenvalue weighted by atomic mass is 15.1. The van der Waals surface area contributed by atoms with Crippen LogP contribution in [0.2, 0.25) is 0 Å². The van der Waals surface area contributed by atoms with E-state index in [-0.39, 0.29) is 0 Å². The maximum atomic E-state index is 4.26. The molecule has 0 amide bonds. The van der Waals surface area contributed by atoms with E-state index in [2.05, 4.69) is 41.1 Å². The minimum absolute atomic E-state index is 0.541. The molecule has 104 valence electrons. The summed E-state index contributed by atoms with van der Waals surface area (Å²) in [6, 6.07) is 16.2. The quantitative estimate of drug-likeness (QED) is 0.691. The molecule has 0 saturated carbocycles. The number of nitrogens with zero attached hydrogens (tertiary/aromatic N) is 3. The molecule has 0 atom stereocenters. The molecule has 0 saturated heterocycles. The summed E-state index contributed by atoms with van der Waals surface area (Å²) >= 11 is 0. The van der Waals surface area contributed by atoms with Crippen LogP contribution >= 0.6 is 0 Å². The van der Waals surface area contributed by atoms with E-state index in [1.165, 1.54) is 5.56 Å². The van der Waals surface area contributed by atoms with Crippen LogP contribution in [0, 0.1) is 0 Å². The fourth-order valence-corrected chi connectivity index (χ4v) is 1.86. The first-order valence-electron chi connectivity index (χ1n) is 6.85. The molecular weight excluding hydrogens is 246 g/mol. The molecule has 0 unspecified atom stereocenters. The molecule has 2 aromatic rings. The predicted molar refractivity (Wildman–Crippen MR) is 85.5 cm³/mol. The topological polar surface area (TPSA) is 28.0 Å². The highest BCUT2D eigenvalue weighted by molar-refractivity contribution is 5.52. The Hall–Kier alpha value is -2.16. The van der Waals surface area contributed by atoms with Crippen molar-refractivity contribution < 1.29 is 0 Å². The zero-order valence-corrected chi connectivity index (χ0v) is 12.5. The van der Waals surface area contributed by atoms with Gasteiger partial charge in [-0.05, 0) is 47.9 Å². The summed E-state index contributed by atoms with van der Waals surface area (Å²) in [6.07, 6.45) is 0. The fourth-order valence-electron chi connectivity index (χ4n) is 1.86. The summed E-state index contributed by atoms with van der Waals surface area (Å²) in [6.45, 7) is 4.37. The zero-order chi connectivity index (χ0) is 14.5. The van der Waals surface area contributed by atoms with Crippen LogP contribution in [0.25, 0.3) is 0 Å². The van der Waals surface area contributed by atoms with Gasteiger partial charge in [-0.3, -0.25) is 0 Å². The van der Waals surface area contributed by atoms with Crippen LogP contribution < -0.4 is 4.90 Å². The smallest absolute Gasteiger partial charge is 0.0858 e.